The molecule has 1 aliphatic rings. The van der Waals surface area contributed by atoms with E-state index in [9.17, 15) is 9.59 Å². The van der Waals surface area contributed by atoms with Crippen molar-refractivity contribution in [1.29, 1.82) is 0 Å². The molecule has 1 heterocycles. The summed E-state index contributed by atoms with van der Waals surface area (Å²) >= 11 is 5.93. The second-order valence-corrected chi connectivity index (χ2v) is 6.47. The van der Waals surface area contributed by atoms with E-state index < -0.39 is 0 Å². The molecule has 124 valence electrons. The second-order valence-electron chi connectivity index (χ2n) is 6.03. The number of benzene rings is 2. The van der Waals surface area contributed by atoms with E-state index in [2.05, 4.69) is 5.32 Å². The molecular weight excluding hydrogens is 324 g/mol. The van der Waals surface area contributed by atoms with Gasteiger partial charge < -0.3 is 10.2 Å². The van der Waals surface area contributed by atoms with E-state index in [4.69, 9.17) is 11.6 Å². The average Bonchev–Trinajstić information content (AvgIpc) is 2.97. The lowest BCUT2D eigenvalue weighted by molar-refractivity contribution is -0.129. The molecule has 3 rings (SSSR count). The maximum absolute atomic E-state index is 12.4. The van der Waals surface area contributed by atoms with Crippen LogP contribution in [0, 0.1) is 5.92 Å². The zero-order valence-corrected chi connectivity index (χ0v) is 14.2. The Morgan fingerprint density at radius 2 is 1.96 bits per heavy atom. The molecule has 2 aromatic rings. The number of likely N-dealkylation sites (tertiary alicyclic amines) is 1. The maximum atomic E-state index is 12.4. The zero-order chi connectivity index (χ0) is 17.1. The summed E-state index contributed by atoms with van der Waals surface area (Å²) in [6, 6.07) is 16.8. The molecule has 1 saturated heterocycles. The minimum atomic E-state index is -0.345. The highest BCUT2D eigenvalue weighted by molar-refractivity contribution is 6.30. The van der Waals surface area contributed by atoms with Gasteiger partial charge in [0.2, 0.25) is 11.8 Å². The molecule has 2 atom stereocenters. The van der Waals surface area contributed by atoms with Crippen LogP contribution in [0.4, 0.5) is 5.69 Å². The number of rotatable bonds is 4. The summed E-state index contributed by atoms with van der Waals surface area (Å²) < 4.78 is 0. The van der Waals surface area contributed by atoms with Gasteiger partial charge in [0.05, 0.1) is 12.0 Å². The number of carbonyl (C=O) groups is 2. The van der Waals surface area contributed by atoms with Crippen LogP contribution in [0.15, 0.2) is 54.6 Å². The fourth-order valence-corrected chi connectivity index (χ4v) is 3.19. The van der Waals surface area contributed by atoms with Crippen LogP contribution in [0.5, 0.6) is 0 Å². The Kier molecular flexibility index (Phi) is 4.86. The Balaban J connectivity index is 1.67. The Labute approximate surface area is 146 Å². The number of amides is 2. The lowest BCUT2D eigenvalue weighted by Crippen LogP contribution is -2.30. The van der Waals surface area contributed by atoms with Crippen molar-refractivity contribution in [2.45, 2.75) is 19.4 Å². The molecule has 24 heavy (non-hydrogen) atoms. The molecule has 0 spiro atoms. The highest BCUT2D eigenvalue weighted by Crippen LogP contribution is 2.29. The lowest BCUT2D eigenvalue weighted by atomic mass is 10.1. The molecule has 0 saturated carbocycles. The Morgan fingerprint density at radius 1 is 1.21 bits per heavy atom. The topological polar surface area (TPSA) is 49.4 Å². The van der Waals surface area contributed by atoms with Crippen molar-refractivity contribution in [3.05, 3.63) is 65.2 Å². The fraction of sp³-hybridized carbons (Fsp3) is 0.263. The summed E-state index contributed by atoms with van der Waals surface area (Å²) in [6.07, 6.45) is 0.240. The van der Waals surface area contributed by atoms with Crippen LogP contribution in [0.1, 0.15) is 24.9 Å². The minimum Gasteiger partial charge on any atom is -0.335 e. The van der Waals surface area contributed by atoms with Crippen molar-refractivity contribution in [1.82, 2.24) is 4.90 Å². The molecule has 1 aliphatic heterocycles. The van der Waals surface area contributed by atoms with Gasteiger partial charge in [0.25, 0.3) is 0 Å². The Hall–Kier alpha value is -2.33. The number of anilines is 1. The predicted molar refractivity (Wildman–Crippen MR) is 94.8 cm³/mol. The van der Waals surface area contributed by atoms with Gasteiger partial charge in [0.1, 0.15) is 0 Å². The first-order chi connectivity index (χ1) is 11.5. The van der Waals surface area contributed by atoms with Crippen molar-refractivity contribution in [2.75, 3.05) is 11.9 Å². The number of nitrogens with zero attached hydrogens (tertiary/aromatic N) is 1. The number of hydrogen-bond donors (Lipinski definition) is 1. The number of nitrogens with one attached hydrogen (secondary N) is 1. The quantitative estimate of drug-likeness (QED) is 0.916. The largest absolute Gasteiger partial charge is 0.335 e. The first kappa shape index (κ1) is 16.5. The fourth-order valence-electron chi connectivity index (χ4n) is 3.00. The lowest BCUT2D eigenvalue weighted by Gasteiger charge is -2.25. The van der Waals surface area contributed by atoms with Crippen molar-refractivity contribution >= 4 is 29.1 Å². The van der Waals surface area contributed by atoms with E-state index in [1.165, 1.54) is 0 Å². The summed E-state index contributed by atoms with van der Waals surface area (Å²) in [6.45, 7) is 2.42. The highest BCUT2D eigenvalue weighted by Gasteiger charge is 2.36. The van der Waals surface area contributed by atoms with Crippen LogP contribution in [0.3, 0.4) is 0 Å². The smallest absolute Gasteiger partial charge is 0.229 e. The summed E-state index contributed by atoms with van der Waals surface area (Å²) in [5, 5.41) is 3.41. The van der Waals surface area contributed by atoms with Crippen molar-refractivity contribution in [3.8, 4) is 0 Å². The molecule has 5 heteroatoms. The maximum Gasteiger partial charge on any atom is 0.229 e. The SMILES string of the molecule is C[C@@H](c1ccccc1)N1C[C@@H](C(=O)Nc2cccc(Cl)c2)CC1=O. The third-order valence-electron chi connectivity index (χ3n) is 4.37. The molecule has 2 amide bonds. The van der Waals surface area contributed by atoms with Gasteiger partial charge in [-0.15, -0.1) is 0 Å². The van der Waals surface area contributed by atoms with Crippen molar-refractivity contribution in [2.24, 2.45) is 5.92 Å². The molecule has 0 aromatic heterocycles. The first-order valence-electron chi connectivity index (χ1n) is 7.95. The van der Waals surface area contributed by atoms with Crippen LogP contribution >= 0.6 is 11.6 Å². The van der Waals surface area contributed by atoms with E-state index in [1.54, 1.807) is 29.2 Å². The minimum absolute atomic E-state index is 0.0117. The molecule has 1 fully saturated rings. The standard InChI is InChI=1S/C19H19ClN2O2/c1-13(14-6-3-2-4-7-14)22-12-15(10-18(22)23)19(24)21-17-9-5-8-16(20)11-17/h2-9,11,13,15H,10,12H2,1H3,(H,21,24)/t13-,15-/m0/s1. The molecule has 0 unspecified atom stereocenters. The van der Waals surface area contributed by atoms with Crippen molar-refractivity contribution in [3.63, 3.8) is 0 Å². The highest BCUT2D eigenvalue weighted by atomic mass is 35.5. The van der Waals surface area contributed by atoms with E-state index in [1.807, 2.05) is 37.3 Å². The van der Waals surface area contributed by atoms with Gasteiger partial charge in [-0.25, -0.2) is 0 Å². The number of carbonyl (C=O) groups excluding carboxylic acids is 2. The van der Waals surface area contributed by atoms with Crippen LogP contribution in [-0.4, -0.2) is 23.3 Å². The average molecular weight is 343 g/mol. The molecule has 1 N–H and O–H groups in total. The molecular formula is C19H19ClN2O2. The third-order valence-corrected chi connectivity index (χ3v) is 4.61. The van der Waals surface area contributed by atoms with E-state index in [-0.39, 0.29) is 30.2 Å². The Bertz CT molecular complexity index is 748. The molecule has 0 bridgehead atoms. The molecule has 4 nitrogen and oxygen atoms in total. The van der Waals surface area contributed by atoms with E-state index in [0.717, 1.165) is 5.56 Å². The van der Waals surface area contributed by atoms with Crippen LogP contribution in [0.2, 0.25) is 5.02 Å². The van der Waals surface area contributed by atoms with Crippen LogP contribution < -0.4 is 5.32 Å². The number of halogens is 1. The van der Waals surface area contributed by atoms with E-state index in [0.29, 0.717) is 17.3 Å². The molecule has 0 radical (unpaired) electrons. The normalized spacial score (nSPS) is 18.5. The van der Waals surface area contributed by atoms with Crippen LogP contribution in [-0.2, 0) is 9.59 Å². The molecule has 2 aromatic carbocycles. The zero-order valence-electron chi connectivity index (χ0n) is 13.4. The van der Waals surface area contributed by atoms with Gasteiger partial charge in [0, 0.05) is 23.7 Å². The molecule has 0 aliphatic carbocycles. The van der Waals surface area contributed by atoms with E-state index >= 15 is 0 Å². The summed E-state index contributed by atoms with van der Waals surface area (Å²) in [4.78, 5) is 26.6. The predicted octanol–water partition coefficient (Wildman–Crippen LogP) is 3.89. The summed E-state index contributed by atoms with van der Waals surface area (Å²) in [5.41, 5.74) is 1.72. The second kappa shape index (κ2) is 7.05. The van der Waals surface area contributed by atoms with Gasteiger partial charge in [-0.3, -0.25) is 9.59 Å². The van der Waals surface area contributed by atoms with Gasteiger partial charge in [0.15, 0.2) is 0 Å². The Morgan fingerprint density at radius 3 is 2.67 bits per heavy atom. The van der Waals surface area contributed by atoms with Crippen molar-refractivity contribution < 1.29 is 9.59 Å². The summed E-state index contributed by atoms with van der Waals surface area (Å²) in [5.74, 6) is -0.478. The van der Waals surface area contributed by atoms with Crippen LogP contribution in [0.25, 0.3) is 0 Å². The summed E-state index contributed by atoms with van der Waals surface area (Å²) in [7, 11) is 0. The van der Waals surface area contributed by atoms with Gasteiger partial charge in [-0.05, 0) is 30.7 Å². The number of hydrogen-bond acceptors (Lipinski definition) is 2. The monoisotopic (exact) mass is 342 g/mol. The van der Waals surface area contributed by atoms with Gasteiger partial charge >= 0.3 is 0 Å². The van der Waals surface area contributed by atoms with Gasteiger partial charge in [-0.1, -0.05) is 48.0 Å². The first-order valence-corrected chi connectivity index (χ1v) is 8.33. The third kappa shape index (κ3) is 3.60. The van der Waals surface area contributed by atoms with Gasteiger partial charge in [-0.2, -0.15) is 0 Å².